The minimum atomic E-state index is -0.0965. The monoisotopic (exact) mass is 389 g/mol. The Labute approximate surface area is 149 Å². The molecular formula is C17H20BrN5O. The number of benzene rings is 1. The Bertz CT molecular complexity index is 673. The largest absolute Gasteiger partial charge is 0.355 e. The zero-order chi connectivity index (χ0) is 17.2. The van der Waals surface area contributed by atoms with Crippen molar-refractivity contribution in [3.05, 3.63) is 64.4 Å². The molecule has 2 aromatic rings. The van der Waals surface area contributed by atoms with Gasteiger partial charge in [0.15, 0.2) is 5.96 Å². The molecule has 3 N–H and O–H groups in total. The van der Waals surface area contributed by atoms with Crippen LogP contribution in [0.2, 0.25) is 0 Å². The predicted octanol–water partition coefficient (Wildman–Crippen LogP) is 1.94. The van der Waals surface area contributed by atoms with Crippen molar-refractivity contribution in [1.82, 2.24) is 20.9 Å². The van der Waals surface area contributed by atoms with Gasteiger partial charge in [0.25, 0.3) is 5.91 Å². The van der Waals surface area contributed by atoms with Gasteiger partial charge in [-0.25, -0.2) is 0 Å². The molecule has 6 nitrogen and oxygen atoms in total. The number of aliphatic imine (C=N–C) groups is 1. The number of amides is 1. The van der Waals surface area contributed by atoms with E-state index in [9.17, 15) is 4.79 Å². The third-order valence-electron chi connectivity index (χ3n) is 3.20. The Hall–Kier alpha value is -2.41. The summed E-state index contributed by atoms with van der Waals surface area (Å²) in [6.45, 7) is 1.66. The first-order valence-electron chi connectivity index (χ1n) is 7.57. The molecule has 0 unspecified atom stereocenters. The standard InChI is InChI=1S/C17H20BrN5O/c1-19-17(23-12-15-4-2-3-9-20-15)22-11-10-21-16(24)13-5-7-14(18)8-6-13/h2-9H,10-12H2,1H3,(H,21,24)(H2,19,22,23). The zero-order valence-corrected chi connectivity index (χ0v) is 15.0. The van der Waals surface area contributed by atoms with Crippen LogP contribution in [-0.4, -0.2) is 37.0 Å². The van der Waals surface area contributed by atoms with Crippen LogP contribution in [-0.2, 0) is 6.54 Å². The lowest BCUT2D eigenvalue weighted by Crippen LogP contribution is -2.41. The van der Waals surface area contributed by atoms with Crippen molar-refractivity contribution >= 4 is 27.8 Å². The lowest BCUT2D eigenvalue weighted by Gasteiger charge is -2.12. The van der Waals surface area contributed by atoms with Gasteiger partial charge in [-0.3, -0.25) is 14.8 Å². The second kappa shape index (κ2) is 9.67. The van der Waals surface area contributed by atoms with Crippen molar-refractivity contribution in [2.75, 3.05) is 20.1 Å². The predicted molar refractivity (Wildman–Crippen MR) is 98.9 cm³/mol. The fraction of sp³-hybridized carbons (Fsp3) is 0.235. The van der Waals surface area contributed by atoms with Gasteiger partial charge in [-0.05, 0) is 36.4 Å². The van der Waals surface area contributed by atoms with Crippen molar-refractivity contribution < 1.29 is 4.79 Å². The highest BCUT2D eigenvalue weighted by atomic mass is 79.9. The molecule has 0 fully saturated rings. The minimum Gasteiger partial charge on any atom is -0.355 e. The number of aromatic nitrogens is 1. The molecule has 0 saturated carbocycles. The number of carbonyl (C=O) groups excluding carboxylic acids is 1. The van der Waals surface area contributed by atoms with Gasteiger partial charge in [0.05, 0.1) is 12.2 Å². The molecule has 0 aliphatic rings. The quantitative estimate of drug-likeness (QED) is 0.400. The number of carbonyl (C=O) groups is 1. The molecule has 0 aliphatic heterocycles. The highest BCUT2D eigenvalue weighted by Crippen LogP contribution is 2.10. The van der Waals surface area contributed by atoms with Crippen LogP contribution in [0.15, 0.2) is 58.1 Å². The molecule has 0 spiro atoms. The van der Waals surface area contributed by atoms with Gasteiger partial charge in [0.1, 0.15) is 0 Å². The number of nitrogens with one attached hydrogen (secondary N) is 3. The summed E-state index contributed by atoms with van der Waals surface area (Å²) in [4.78, 5) is 20.3. The van der Waals surface area contributed by atoms with Crippen LogP contribution in [0.5, 0.6) is 0 Å². The van der Waals surface area contributed by atoms with E-state index in [1.807, 2.05) is 30.3 Å². The highest BCUT2D eigenvalue weighted by Gasteiger charge is 2.04. The van der Waals surface area contributed by atoms with Gasteiger partial charge in [-0.1, -0.05) is 22.0 Å². The van der Waals surface area contributed by atoms with Crippen molar-refractivity contribution in [3.63, 3.8) is 0 Å². The Balaban J connectivity index is 1.68. The van der Waals surface area contributed by atoms with Gasteiger partial charge in [-0.15, -0.1) is 0 Å². The third kappa shape index (κ3) is 6.00. The molecule has 0 radical (unpaired) electrons. The highest BCUT2D eigenvalue weighted by molar-refractivity contribution is 9.10. The van der Waals surface area contributed by atoms with Crippen LogP contribution in [0.25, 0.3) is 0 Å². The molecule has 1 amide bonds. The van der Waals surface area contributed by atoms with E-state index in [4.69, 9.17) is 0 Å². The number of pyridine rings is 1. The third-order valence-corrected chi connectivity index (χ3v) is 3.72. The molecular weight excluding hydrogens is 370 g/mol. The Morgan fingerprint density at radius 2 is 1.83 bits per heavy atom. The van der Waals surface area contributed by atoms with E-state index in [-0.39, 0.29) is 5.91 Å². The molecule has 126 valence electrons. The second-order valence-electron chi connectivity index (χ2n) is 4.94. The zero-order valence-electron chi connectivity index (χ0n) is 13.4. The summed E-state index contributed by atoms with van der Waals surface area (Å²) in [5.41, 5.74) is 1.57. The Morgan fingerprint density at radius 3 is 2.50 bits per heavy atom. The van der Waals surface area contributed by atoms with Crippen molar-refractivity contribution in [2.45, 2.75) is 6.54 Å². The molecule has 24 heavy (non-hydrogen) atoms. The topological polar surface area (TPSA) is 78.4 Å². The molecule has 7 heteroatoms. The van der Waals surface area contributed by atoms with Crippen LogP contribution in [0.3, 0.4) is 0 Å². The van der Waals surface area contributed by atoms with Gasteiger partial charge in [0.2, 0.25) is 0 Å². The van der Waals surface area contributed by atoms with Crippen molar-refractivity contribution in [3.8, 4) is 0 Å². The average Bonchev–Trinajstić information content (AvgIpc) is 2.62. The number of halogens is 1. The maximum atomic E-state index is 12.0. The van der Waals surface area contributed by atoms with Crippen molar-refractivity contribution in [2.24, 2.45) is 4.99 Å². The van der Waals surface area contributed by atoms with E-state index in [1.54, 1.807) is 25.4 Å². The van der Waals surface area contributed by atoms with Crippen LogP contribution in [0.4, 0.5) is 0 Å². The van der Waals surface area contributed by atoms with E-state index in [2.05, 4.69) is 41.9 Å². The summed E-state index contributed by atoms with van der Waals surface area (Å²) in [7, 11) is 1.70. The first kappa shape index (κ1) is 17.9. The smallest absolute Gasteiger partial charge is 0.251 e. The van der Waals surface area contributed by atoms with E-state index in [1.165, 1.54) is 0 Å². The molecule has 0 saturated heterocycles. The molecule has 0 bridgehead atoms. The van der Waals surface area contributed by atoms with E-state index in [0.29, 0.717) is 31.2 Å². The minimum absolute atomic E-state index is 0.0965. The van der Waals surface area contributed by atoms with Crippen molar-refractivity contribution in [1.29, 1.82) is 0 Å². The molecule has 0 atom stereocenters. The SMILES string of the molecule is CN=C(NCCNC(=O)c1ccc(Br)cc1)NCc1ccccn1. The molecule has 1 aromatic carbocycles. The first-order chi connectivity index (χ1) is 11.7. The number of guanidine groups is 1. The van der Waals surface area contributed by atoms with Crippen LogP contribution in [0, 0.1) is 0 Å². The fourth-order valence-electron chi connectivity index (χ4n) is 1.96. The maximum absolute atomic E-state index is 12.0. The summed E-state index contributed by atoms with van der Waals surface area (Å²) in [6, 6.07) is 13.0. The number of hydrogen-bond donors (Lipinski definition) is 3. The molecule has 1 heterocycles. The fourth-order valence-corrected chi connectivity index (χ4v) is 2.22. The number of hydrogen-bond acceptors (Lipinski definition) is 3. The average molecular weight is 390 g/mol. The Kier molecular flexibility index (Phi) is 7.22. The first-order valence-corrected chi connectivity index (χ1v) is 8.36. The van der Waals surface area contributed by atoms with E-state index >= 15 is 0 Å². The van der Waals surface area contributed by atoms with Crippen LogP contribution < -0.4 is 16.0 Å². The normalized spacial score (nSPS) is 11.0. The Morgan fingerprint density at radius 1 is 1.08 bits per heavy atom. The van der Waals surface area contributed by atoms with Gasteiger partial charge in [0, 0.05) is 36.4 Å². The van der Waals surface area contributed by atoms with Gasteiger partial charge in [-0.2, -0.15) is 0 Å². The second-order valence-corrected chi connectivity index (χ2v) is 5.85. The summed E-state index contributed by atoms with van der Waals surface area (Å²) < 4.78 is 0.948. The lowest BCUT2D eigenvalue weighted by molar-refractivity contribution is 0.0954. The van der Waals surface area contributed by atoms with Gasteiger partial charge >= 0.3 is 0 Å². The van der Waals surface area contributed by atoms with Crippen LogP contribution >= 0.6 is 15.9 Å². The molecule has 0 aliphatic carbocycles. The van der Waals surface area contributed by atoms with Crippen LogP contribution in [0.1, 0.15) is 16.1 Å². The summed E-state index contributed by atoms with van der Waals surface area (Å²) in [6.07, 6.45) is 1.75. The lowest BCUT2D eigenvalue weighted by atomic mass is 10.2. The molecule has 1 aromatic heterocycles. The summed E-state index contributed by atoms with van der Waals surface area (Å²) in [5, 5.41) is 9.17. The molecule has 2 rings (SSSR count). The number of rotatable bonds is 6. The summed E-state index contributed by atoms with van der Waals surface area (Å²) >= 11 is 3.35. The summed E-state index contributed by atoms with van der Waals surface area (Å²) in [5.74, 6) is 0.569. The van der Waals surface area contributed by atoms with Gasteiger partial charge < -0.3 is 16.0 Å². The maximum Gasteiger partial charge on any atom is 0.251 e. The van der Waals surface area contributed by atoms with E-state index in [0.717, 1.165) is 10.2 Å². The van der Waals surface area contributed by atoms with E-state index < -0.39 is 0 Å². The number of nitrogens with zero attached hydrogens (tertiary/aromatic N) is 2.